The number of carbonyl (C=O) groups excluding carboxylic acids is 1. The fourth-order valence-electron chi connectivity index (χ4n) is 4.26. The lowest BCUT2D eigenvalue weighted by molar-refractivity contribution is 0.0977. The molecular weight excluding hydrogens is 468 g/mol. The molecule has 1 amide bonds. The summed E-state index contributed by atoms with van der Waals surface area (Å²) in [5.74, 6) is -0.689. The van der Waals surface area contributed by atoms with Gasteiger partial charge in [-0.1, -0.05) is 19.1 Å². The smallest absolute Gasteiger partial charge is 0.283 e. The van der Waals surface area contributed by atoms with Gasteiger partial charge in [0.05, 0.1) is 24.9 Å². The predicted octanol–water partition coefficient (Wildman–Crippen LogP) is 3.23. The molecule has 3 heterocycles. The van der Waals surface area contributed by atoms with E-state index in [0.29, 0.717) is 18.7 Å². The molecule has 0 radical (unpaired) electrons. The number of sulfonamides is 1. The second-order valence-electron chi connectivity index (χ2n) is 8.65. The van der Waals surface area contributed by atoms with Crippen LogP contribution in [0.1, 0.15) is 29.4 Å². The Morgan fingerprint density at radius 2 is 2.03 bits per heavy atom. The average molecular weight is 493 g/mol. The molecule has 180 valence electrons. The molecule has 0 saturated carbocycles. The Hall–Kier alpha value is -3.76. The van der Waals surface area contributed by atoms with Crippen LogP contribution < -0.4 is 9.46 Å². The largest absolute Gasteiger partial charge is 0.495 e. The van der Waals surface area contributed by atoms with Crippen LogP contribution in [0.4, 0.5) is 0 Å². The van der Waals surface area contributed by atoms with Crippen molar-refractivity contribution in [2.75, 3.05) is 20.3 Å². The van der Waals surface area contributed by atoms with Crippen LogP contribution >= 0.6 is 0 Å². The number of carbonyl (C=O) groups is 1. The summed E-state index contributed by atoms with van der Waals surface area (Å²) in [6.45, 7) is 3.12. The van der Waals surface area contributed by atoms with Crippen molar-refractivity contribution in [2.24, 2.45) is 0 Å². The zero-order valence-corrected chi connectivity index (χ0v) is 20.1. The highest BCUT2D eigenvalue weighted by atomic mass is 32.2. The van der Waals surface area contributed by atoms with E-state index in [1.807, 2.05) is 31.3 Å². The van der Waals surface area contributed by atoms with Crippen molar-refractivity contribution in [1.82, 2.24) is 19.5 Å². The number of rotatable bonds is 6. The molecule has 1 aliphatic rings. The molecule has 4 aromatic rings. The number of pyridine rings is 1. The van der Waals surface area contributed by atoms with Gasteiger partial charge in [-0.15, -0.1) is 0 Å². The van der Waals surface area contributed by atoms with Gasteiger partial charge in [-0.25, -0.2) is 22.8 Å². The van der Waals surface area contributed by atoms with Crippen molar-refractivity contribution in [3.8, 4) is 11.4 Å². The number of nitrogens with one attached hydrogen (secondary N) is 1. The predicted molar refractivity (Wildman–Crippen MR) is 129 cm³/mol. The van der Waals surface area contributed by atoms with Gasteiger partial charge in [0.25, 0.3) is 15.9 Å². The Morgan fingerprint density at radius 3 is 2.74 bits per heavy atom. The fourth-order valence-corrected chi connectivity index (χ4v) is 5.42. The molecule has 1 atom stereocenters. The number of hydrogen-bond donors (Lipinski definition) is 1. The zero-order chi connectivity index (χ0) is 24.6. The van der Waals surface area contributed by atoms with E-state index in [0.717, 1.165) is 23.1 Å². The average Bonchev–Trinajstić information content (AvgIpc) is 3.55. The molecule has 9 nitrogen and oxygen atoms in total. The number of benzene rings is 2. The highest BCUT2D eigenvalue weighted by molar-refractivity contribution is 7.90. The van der Waals surface area contributed by atoms with Crippen molar-refractivity contribution in [1.29, 1.82) is 0 Å². The van der Waals surface area contributed by atoms with Gasteiger partial charge in [-0.2, -0.15) is 5.10 Å². The standard InChI is InChI=1S/C25H24N4O5S/c1-25(11-14-34-16-25)17-7-10-22(33-2)23(15-17)35(31,32)28-24(30)20-9-8-18-19(27-20)5-3-6-21(18)29-13-4-12-26-29/h3-10,12-13,15H,11,14,16H2,1-2H3,(H,28,30). The van der Waals surface area contributed by atoms with Crippen LogP contribution in [0.15, 0.2) is 71.9 Å². The molecule has 1 aliphatic heterocycles. The molecule has 1 unspecified atom stereocenters. The first kappa shape index (κ1) is 23.0. The number of fused-ring (bicyclic) bond motifs is 1. The van der Waals surface area contributed by atoms with Gasteiger partial charge in [-0.05, 0) is 54.4 Å². The van der Waals surface area contributed by atoms with Gasteiger partial charge in [0.1, 0.15) is 16.3 Å². The van der Waals surface area contributed by atoms with Crippen LogP contribution in [0.5, 0.6) is 5.75 Å². The first-order valence-corrected chi connectivity index (χ1v) is 12.5. The number of nitrogens with zero attached hydrogens (tertiary/aromatic N) is 3. The third kappa shape index (κ3) is 4.26. The van der Waals surface area contributed by atoms with Crippen molar-refractivity contribution >= 4 is 26.8 Å². The molecule has 5 rings (SSSR count). The second kappa shape index (κ2) is 8.79. The van der Waals surface area contributed by atoms with Gasteiger partial charge < -0.3 is 9.47 Å². The Kier molecular flexibility index (Phi) is 5.78. The molecule has 2 aromatic heterocycles. The maximum absolute atomic E-state index is 13.3. The molecule has 1 N–H and O–H groups in total. The first-order chi connectivity index (χ1) is 16.8. The van der Waals surface area contributed by atoms with E-state index in [1.54, 1.807) is 41.2 Å². The quantitative estimate of drug-likeness (QED) is 0.440. The second-order valence-corrected chi connectivity index (χ2v) is 10.3. The Bertz CT molecular complexity index is 1510. The van der Waals surface area contributed by atoms with Crippen LogP contribution in [0, 0.1) is 0 Å². The molecule has 0 spiro atoms. The molecule has 1 fully saturated rings. The number of amides is 1. The summed E-state index contributed by atoms with van der Waals surface area (Å²) in [7, 11) is -2.86. The van der Waals surface area contributed by atoms with Crippen molar-refractivity contribution < 1.29 is 22.7 Å². The highest BCUT2D eigenvalue weighted by Gasteiger charge is 2.34. The van der Waals surface area contributed by atoms with Crippen molar-refractivity contribution in [3.63, 3.8) is 0 Å². The van der Waals surface area contributed by atoms with Crippen LogP contribution in [0.25, 0.3) is 16.6 Å². The summed E-state index contributed by atoms with van der Waals surface area (Å²) in [6.07, 6.45) is 4.25. The molecular formula is C25H24N4O5S. The van der Waals surface area contributed by atoms with Gasteiger partial charge >= 0.3 is 0 Å². The van der Waals surface area contributed by atoms with E-state index in [1.165, 1.54) is 13.2 Å². The lowest BCUT2D eigenvalue weighted by atomic mass is 9.82. The molecule has 0 bridgehead atoms. The summed E-state index contributed by atoms with van der Waals surface area (Å²) < 4.78 is 41.2. The monoisotopic (exact) mass is 492 g/mol. The minimum absolute atomic E-state index is 0.0232. The van der Waals surface area contributed by atoms with Crippen LogP contribution in [0.3, 0.4) is 0 Å². The Balaban J connectivity index is 1.46. The van der Waals surface area contributed by atoms with E-state index in [4.69, 9.17) is 9.47 Å². The maximum atomic E-state index is 13.3. The Labute approximate surface area is 202 Å². The lowest BCUT2D eigenvalue weighted by Gasteiger charge is -2.23. The van der Waals surface area contributed by atoms with Gasteiger partial charge in [0, 0.05) is 29.8 Å². The van der Waals surface area contributed by atoms with E-state index in [-0.39, 0.29) is 21.8 Å². The number of methoxy groups -OCH3 is 1. The minimum atomic E-state index is -4.25. The van der Waals surface area contributed by atoms with Crippen molar-refractivity contribution in [2.45, 2.75) is 23.7 Å². The normalized spacial score (nSPS) is 18.0. The maximum Gasteiger partial charge on any atom is 0.283 e. The zero-order valence-electron chi connectivity index (χ0n) is 19.3. The van der Waals surface area contributed by atoms with Crippen LogP contribution in [-0.2, 0) is 20.2 Å². The van der Waals surface area contributed by atoms with Gasteiger partial charge in [-0.3, -0.25) is 4.79 Å². The lowest BCUT2D eigenvalue weighted by Crippen LogP contribution is -2.32. The van der Waals surface area contributed by atoms with Crippen molar-refractivity contribution in [3.05, 3.63) is 78.2 Å². The molecule has 10 heteroatoms. The van der Waals surface area contributed by atoms with E-state index >= 15 is 0 Å². The summed E-state index contributed by atoms with van der Waals surface area (Å²) in [5, 5.41) is 5.02. The molecule has 35 heavy (non-hydrogen) atoms. The first-order valence-electron chi connectivity index (χ1n) is 11.0. The van der Waals surface area contributed by atoms with E-state index in [2.05, 4.69) is 14.8 Å². The van der Waals surface area contributed by atoms with Gasteiger partial charge in [0.2, 0.25) is 0 Å². The number of ether oxygens (including phenoxy) is 2. The summed E-state index contributed by atoms with van der Waals surface area (Å²) in [4.78, 5) is 17.2. The van der Waals surface area contributed by atoms with E-state index < -0.39 is 15.9 Å². The van der Waals surface area contributed by atoms with Crippen LogP contribution in [-0.4, -0.2) is 49.4 Å². The highest BCUT2D eigenvalue weighted by Crippen LogP contribution is 2.36. The third-order valence-electron chi connectivity index (χ3n) is 6.29. The summed E-state index contributed by atoms with van der Waals surface area (Å²) in [6, 6.07) is 15.4. The fraction of sp³-hybridized carbons (Fsp3) is 0.240. The third-order valence-corrected chi connectivity index (χ3v) is 7.64. The summed E-state index contributed by atoms with van der Waals surface area (Å²) >= 11 is 0. The van der Waals surface area contributed by atoms with Crippen LogP contribution in [0.2, 0.25) is 0 Å². The molecule has 1 saturated heterocycles. The topological polar surface area (TPSA) is 112 Å². The Morgan fingerprint density at radius 1 is 1.17 bits per heavy atom. The number of hydrogen-bond acceptors (Lipinski definition) is 7. The molecule has 2 aromatic carbocycles. The summed E-state index contributed by atoms with van der Waals surface area (Å²) in [5.41, 5.74) is 1.80. The molecule has 0 aliphatic carbocycles. The minimum Gasteiger partial charge on any atom is -0.495 e. The SMILES string of the molecule is COc1ccc(C2(C)CCOC2)cc1S(=O)(=O)NC(=O)c1ccc2c(-n3cccn3)cccc2n1. The van der Waals surface area contributed by atoms with Gasteiger partial charge in [0.15, 0.2) is 0 Å². The van der Waals surface area contributed by atoms with E-state index in [9.17, 15) is 13.2 Å². The number of aromatic nitrogens is 3.